The second kappa shape index (κ2) is 5.08. The van der Waals surface area contributed by atoms with Gasteiger partial charge in [-0.3, -0.25) is 0 Å². The van der Waals surface area contributed by atoms with Crippen molar-refractivity contribution in [1.29, 1.82) is 0 Å². The van der Waals surface area contributed by atoms with Gasteiger partial charge in [0.1, 0.15) is 0 Å². The zero-order valence-corrected chi connectivity index (χ0v) is 12.4. The van der Waals surface area contributed by atoms with Crippen LogP contribution in [0.2, 0.25) is 19.6 Å². The molecule has 0 radical (unpaired) electrons. The van der Waals surface area contributed by atoms with Gasteiger partial charge in [0.15, 0.2) is 8.32 Å². The van der Waals surface area contributed by atoms with Gasteiger partial charge >= 0.3 is 0 Å². The maximum atomic E-state index is 5.90. The summed E-state index contributed by atoms with van der Waals surface area (Å²) in [5, 5.41) is 2.52. The number of hydrogen-bond donors (Lipinski definition) is 0. The minimum Gasteiger partial charge on any atom is -0.413 e. The Morgan fingerprint density at radius 2 is 1.72 bits per heavy atom. The Bertz CT molecular complexity index is 567. The van der Waals surface area contributed by atoms with Crippen molar-refractivity contribution in [2.45, 2.75) is 19.6 Å². The molecule has 0 fully saturated rings. The summed E-state index contributed by atoms with van der Waals surface area (Å²) in [6, 6.07) is 14.8. The van der Waals surface area contributed by atoms with Crippen LogP contribution < -0.4 is 0 Å². The lowest BCUT2D eigenvalue weighted by atomic mass is 10.0. The highest BCUT2D eigenvalue weighted by Gasteiger charge is 2.14. The zero-order chi connectivity index (χ0) is 13.2. The Balaban J connectivity index is 2.18. The summed E-state index contributed by atoms with van der Waals surface area (Å²) in [5.41, 5.74) is 2.23. The van der Waals surface area contributed by atoms with E-state index in [1.54, 1.807) is 0 Å². The molecule has 0 N–H and O–H groups in total. The van der Waals surface area contributed by atoms with Gasteiger partial charge in [-0.05, 0) is 47.6 Å². The van der Waals surface area contributed by atoms with Crippen molar-refractivity contribution in [1.82, 2.24) is 0 Å². The number of rotatable bonds is 4. The van der Waals surface area contributed by atoms with Crippen LogP contribution in [-0.2, 0) is 4.43 Å². The molecule has 0 heterocycles. The molecule has 1 nitrogen and oxygen atoms in total. The van der Waals surface area contributed by atoms with Crippen molar-refractivity contribution in [2.24, 2.45) is 0 Å². The highest BCUT2D eigenvalue weighted by atomic mass is 28.4. The van der Waals surface area contributed by atoms with Crippen LogP contribution in [0, 0.1) is 0 Å². The molecule has 0 spiro atoms. The van der Waals surface area contributed by atoms with E-state index >= 15 is 0 Å². The molecule has 2 heteroatoms. The molecule has 0 aromatic heterocycles. The van der Waals surface area contributed by atoms with E-state index in [9.17, 15) is 0 Å². The molecule has 94 valence electrons. The van der Waals surface area contributed by atoms with Crippen LogP contribution in [0.1, 0.15) is 5.56 Å². The highest BCUT2D eigenvalue weighted by molar-refractivity contribution is 6.69. The van der Waals surface area contributed by atoms with Crippen LogP contribution >= 0.6 is 0 Å². The highest BCUT2D eigenvalue weighted by Crippen LogP contribution is 2.21. The van der Waals surface area contributed by atoms with Gasteiger partial charge < -0.3 is 4.43 Å². The molecule has 0 aliphatic carbocycles. The van der Waals surface area contributed by atoms with Crippen molar-refractivity contribution in [3.8, 4) is 0 Å². The Labute approximate surface area is 110 Å². The fourth-order valence-corrected chi connectivity index (χ4v) is 2.40. The van der Waals surface area contributed by atoms with Gasteiger partial charge in [0, 0.05) is 0 Å². The summed E-state index contributed by atoms with van der Waals surface area (Å²) in [6.07, 6.45) is 0. The van der Waals surface area contributed by atoms with E-state index in [1.165, 1.54) is 16.3 Å². The summed E-state index contributed by atoms with van der Waals surface area (Å²) < 4.78 is 5.90. The average molecular weight is 256 g/mol. The second-order valence-corrected chi connectivity index (χ2v) is 10.1. The second-order valence-electron chi connectivity index (χ2n) is 5.57. The summed E-state index contributed by atoms with van der Waals surface area (Å²) in [4.78, 5) is 0. The molecule has 0 saturated carbocycles. The maximum Gasteiger partial charge on any atom is 0.184 e. The molecule has 0 unspecified atom stereocenters. The Kier molecular flexibility index (Phi) is 3.69. The van der Waals surface area contributed by atoms with E-state index in [2.05, 4.69) is 68.7 Å². The summed E-state index contributed by atoms with van der Waals surface area (Å²) in [6.45, 7) is 11.4. The van der Waals surface area contributed by atoms with Gasteiger partial charge in [-0.25, -0.2) is 0 Å². The van der Waals surface area contributed by atoms with Crippen molar-refractivity contribution >= 4 is 24.7 Å². The number of hydrogen-bond acceptors (Lipinski definition) is 1. The van der Waals surface area contributed by atoms with Crippen LogP contribution in [0.25, 0.3) is 16.3 Å². The van der Waals surface area contributed by atoms with Gasteiger partial charge in [-0.15, -0.1) is 0 Å². The van der Waals surface area contributed by atoms with E-state index in [1.807, 2.05) is 0 Å². The third-order valence-corrected chi connectivity index (χ3v) is 3.85. The monoisotopic (exact) mass is 256 g/mol. The minimum atomic E-state index is -1.47. The first-order valence-corrected chi connectivity index (χ1v) is 9.67. The Morgan fingerprint density at radius 3 is 2.39 bits per heavy atom. The summed E-state index contributed by atoms with van der Waals surface area (Å²) >= 11 is 0. The first-order chi connectivity index (χ1) is 8.46. The topological polar surface area (TPSA) is 9.23 Å². The van der Waals surface area contributed by atoms with Gasteiger partial charge in [0.2, 0.25) is 0 Å². The molecular formula is C16H20OSi. The molecule has 2 rings (SSSR count). The fraction of sp³-hybridized carbons (Fsp3) is 0.250. The molecular weight excluding hydrogens is 236 g/mol. The normalized spacial score (nSPS) is 11.7. The fourth-order valence-electron chi connectivity index (χ4n) is 1.80. The SMILES string of the molecule is C=C(CO[Si](C)(C)C)c1ccc2ccccc2c1. The minimum absolute atomic E-state index is 0.633. The number of benzene rings is 2. The van der Waals surface area contributed by atoms with Crippen LogP contribution in [-0.4, -0.2) is 14.9 Å². The third kappa shape index (κ3) is 3.31. The van der Waals surface area contributed by atoms with E-state index in [-0.39, 0.29) is 0 Å². The Hall–Kier alpha value is -1.38. The van der Waals surface area contributed by atoms with Gasteiger partial charge in [0.05, 0.1) is 6.61 Å². The molecule has 0 atom stereocenters. The van der Waals surface area contributed by atoms with Crippen molar-refractivity contribution in [3.63, 3.8) is 0 Å². The smallest absolute Gasteiger partial charge is 0.184 e. The standard InChI is InChI=1S/C16H20OSi/c1-13(12-17-18(2,3)4)15-10-9-14-7-5-6-8-16(14)11-15/h5-11H,1,12H2,2-4H3. The summed E-state index contributed by atoms with van der Waals surface area (Å²) in [5.74, 6) is 0. The first-order valence-electron chi connectivity index (χ1n) is 6.27. The van der Waals surface area contributed by atoms with Crippen molar-refractivity contribution in [3.05, 3.63) is 54.6 Å². The van der Waals surface area contributed by atoms with E-state index in [0.717, 1.165) is 5.57 Å². The lowest BCUT2D eigenvalue weighted by Crippen LogP contribution is -2.26. The van der Waals surface area contributed by atoms with Crippen molar-refractivity contribution in [2.75, 3.05) is 6.61 Å². The third-order valence-electron chi connectivity index (χ3n) is 2.84. The molecule has 0 aliphatic rings. The van der Waals surface area contributed by atoms with E-state index < -0.39 is 8.32 Å². The molecule has 2 aromatic rings. The van der Waals surface area contributed by atoms with Gasteiger partial charge in [-0.2, -0.15) is 0 Å². The molecule has 18 heavy (non-hydrogen) atoms. The van der Waals surface area contributed by atoms with Crippen molar-refractivity contribution < 1.29 is 4.43 Å². The largest absolute Gasteiger partial charge is 0.413 e. The molecule has 0 bridgehead atoms. The van der Waals surface area contributed by atoms with Crippen LogP contribution in [0.5, 0.6) is 0 Å². The zero-order valence-electron chi connectivity index (χ0n) is 11.4. The van der Waals surface area contributed by atoms with Crippen LogP contribution in [0.15, 0.2) is 49.0 Å². The van der Waals surface area contributed by atoms with E-state index in [0.29, 0.717) is 6.61 Å². The first kappa shape index (κ1) is 13.1. The van der Waals surface area contributed by atoms with Gasteiger partial charge in [0.25, 0.3) is 0 Å². The predicted molar refractivity (Wildman–Crippen MR) is 82.3 cm³/mol. The molecule has 0 amide bonds. The van der Waals surface area contributed by atoms with Crippen LogP contribution in [0.3, 0.4) is 0 Å². The molecule has 0 aliphatic heterocycles. The Morgan fingerprint density at radius 1 is 1.06 bits per heavy atom. The lowest BCUT2D eigenvalue weighted by Gasteiger charge is -2.18. The average Bonchev–Trinajstić information content (AvgIpc) is 2.34. The van der Waals surface area contributed by atoms with Crippen LogP contribution in [0.4, 0.5) is 0 Å². The number of fused-ring (bicyclic) bond motifs is 1. The lowest BCUT2D eigenvalue weighted by molar-refractivity contribution is 0.365. The van der Waals surface area contributed by atoms with E-state index in [4.69, 9.17) is 4.43 Å². The van der Waals surface area contributed by atoms with Gasteiger partial charge in [-0.1, -0.05) is 43.0 Å². The quantitative estimate of drug-likeness (QED) is 0.720. The predicted octanol–water partition coefficient (Wildman–Crippen LogP) is 4.70. The summed E-state index contributed by atoms with van der Waals surface area (Å²) in [7, 11) is -1.47. The maximum absolute atomic E-state index is 5.90. The molecule has 0 saturated heterocycles. The molecule has 2 aromatic carbocycles.